The van der Waals surface area contributed by atoms with Crippen LogP contribution < -0.4 is 10.6 Å². The molecule has 0 aromatic heterocycles. The minimum absolute atomic E-state index is 0.0186. The summed E-state index contributed by atoms with van der Waals surface area (Å²) in [6.07, 6.45) is 0. The summed E-state index contributed by atoms with van der Waals surface area (Å²) in [5, 5.41) is 5.01. The molecule has 3 nitrogen and oxygen atoms in total. The summed E-state index contributed by atoms with van der Waals surface area (Å²) in [7, 11) is 0. The predicted octanol–water partition coefficient (Wildman–Crippen LogP) is 3.74. The van der Waals surface area contributed by atoms with Crippen LogP contribution in [-0.4, -0.2) is 12.5 Å². The molecule has 0 fully saturated rings. The molecule has 0 unspecified atom stereocenters. The van der Waals surface area contributed by atoms with Gasteiger partial charge in [0.1, 0.15) is 6.04 Å². The van der Waals surface area contributed by atoms with Gasteiger partial charge in [-0.25, -0.2) is 0 Å². The largest absolute Gasteiger partial charge is 0.328 e. The van der Waals surface area contributed by atoms with Gasteiger partial charge in [-0.1, -0.05) is 82.7 Å². The van der Waals surface area contributed by atoms with E-state index in [-0.39, 0.29) is 11.9 Å². The second kappa shape index (κ2) is 8.60. The van der Waals surface area contributed by atoms with Crippen molar-refractivity contribution in [2.24, 2.45) is 0 Å². The molecular formula is C21H20BrN2O+. The van der Waals surface area contributed by atoms with E-state index in [1.807, 2.05) is 60.7 Å². The van der Waals surface area contributed by atoms with Crippen LogP contribution in [0.15, 0.2) is 89.4 Å². The summed E-state index contributed by atoms with van der Waals surface area (Å²) in [4.78, 5) is 12.3. The molecule has 0 aliphatic carbocycles. The zero-order valence-corrected chi connectivity index (χ0v) is 15.3. The van der Waals surface area contributed by atoms with Crippen molar-refractivity contribution in [3.8, 4) is 0 Å². The highest BCUT2D eigenvalue weighted by Crippen LogP contribution is 2.18. The summed E-state index contributed by atoms with van der Waals surface area (Å²) in [5.74, 6) is -0.0186. The standard InChI is InChI=1S/C21H19BrN2O/c22-18-12-7-13-19(14-18)24-20(25)15-23-21(16-8-3-1-4-9-16)17-10-5-2-6-11-17/h1-14,21,23H,15H2,(H,24,25)/p+1. The van der Waals surface area contributed by atoms with Gasteiger partial charge in [0.2, 0.25) is 0 Å². The van der Waals surface area contributed by atoms with Gasteiger partial charge >= 0.3 is 0 Å². The molecule has 0 aliphatic rings. The average molecular weight is 396 g/mol. The zero-order chi connectivity index (χ0) is 17.5. The summed E-state index contributed by atoms with van der Waals surface area (Å²) < 4.78 is 0.945. The van der Waals surface area contributed by atoms with E-state index in [9.17, 15) is 4.79 Å². The third kappa shape index (κ3) is 5.02. The Kier molecular flexibility index (Phi) is 5.99. The molecule has 3 aromatic rings. The van der Waals surface area contributed by atoms with Crippen molar-refractivity contribution in [2.75, 3.05) is 11.9 Å². The number of hydrogen-bond donors (Lipinski definition) is 2. The maximum atomic E-state index is 12.3. The normalized spacial score (nSPS) is 10.6. The zero-order valence-electron chi connectivity index (χ0n) is 13.7. The number of rotatable bonds is 6. The predicted molar refractivity (Wildman–Crippen MR) is 104 cm³/mol. The number of nitrogens with one attached hydrogen (secondary N) is 1. The highest BCUT2D eigenvalue weighted by atomic mass is 79.9. The summed E-state index contributed by atoms with van der Waals surface area (Å²) >= 11 is 3.42. The Bertz CT molecular complexity index is 782. The molecule has 0 heterocycles. The number of benzene rings is 3. The molecule has 0 atom stereocenters. The second-order valence-electron chi connectivity index (χ2n) is 5.80. The first-order valence-electron chi connectivity index (χ1n) is 8.21. The molecule has 126 valence electrons. The van der Waals surface area contributed by atoms with Crippen LogP contribution in [-0.2, 0) is 4.79 Å². The highest BCUT2D eigenvalue weighted by Gasteiger charge is 2.18. The van der Waals surface area contributed by atoms with Crippen LogP contribution in [0.3, 0.4) is 0 Å². The third-order valence-corrected chi connectivity index (χ3v) is 4.46. The first kappa shape index (κ1) is 17.4. The quantitative estimate of drug-likeness (QED) is 0.655. The van der Waals surface area contributed by atoms with Gasteiger partial charge in [-0.2, -0.15) is 0 Å². The van der Waals surface area contributed by atoms with E-state index < -0.39 is 0 Å². The van der Waals surface area contributed by atoms with Gasteiger partial charge in [0.25, 0.3) is 5.91 Å². The van der Waals surface area contributed by atoms with Crippen LogP contribution in [0, 0.1) is 0 Å². The van der Waals surface area contributed by atoms with Crippen molar-refractivity contribution in [1.82, 2.24) is 0 Å². The molecule has 0 saturated carbocycles. The van der Waals surface area contributed by atoms with Gasteiger partial charge in [-0.15, -0.1) is 0 Å². The minimum Gasteiger partial charge on any atom is -0.328 e. The van der Waals surface area contributed by atoms with Gasteiger partial charge in [0, 0.05) is 21.3 Å². The first-order valence-corrected chi connectivity index (χ1v) is 9.00. The van der Waals surface area contributed by atoms with Gasteiger partial charge in [-0.05, 0) is 18.2 Å². The Morgan fingerprint density at radius 1 is 0.880 bits per heavy atom. The lowest BCUT2D eigenvalue weighted by molar-refractivity contribution is -0.676. The Balaban J connectivity index is 1.70. The number of amides is 1. The van der Waals surface area contributed by atoms with Crippen LogP contribution in [0.4, 0.5) is 5.69 Å². The molecule has 0 aliphatic heterocycles. The fraction of sp³-hybridized carbons (Fsp3) is 0.0952. The lowest BCUT2D eigenvalue weighted by Gasteiger charge is -2.16. The fourth-order valence-electron chi connectivity index (χ4n) is 2.79. The smallest absolute Gasteiger partial charge is 0.279 e. The number of hydrogen-bond acceptors (Lipinski definition) is 1. The molecule has 0 radical (unpaired) electrons. The summed E-state index contributed by atoms with van der Waals surface area (Å²) in [5.41, 5.74) is 3.16. The van der Waals surface area contributed by atoms with E-state index in [1.54, 1.807) is 0 Å². The van der Waals surface area contributed by atoms with E-state index in [0.29, 0.717) is 6.54 Å². The Morgan fingerprint density at radius 2 is 1.48 bits per heavy atom. The van der Waals surface area contributed by atoms with Crippen LogP contribution in [0.25, 0.3) is 0 Å². The Morgan fingerprint density at radius 3 is 2.04 bits per heavy atom. The van der Waals surface area contributed by atoms with Gasteiger partial charge in [0.05, 0.1) is 0 Å². The molecule has 0 spiro atoms. The SMILES string of the molecule is O=C(C[NH2+]C(c1ccccc1)c1ccccc1)Nc1cccc(Br)c1. The molecule has 1 amide bonds. The lowest BCUT2D eigenvalue weighted by atomic mass is 9.99. The van der Waals surface area contributed by atoms with Gasteiger partial charge in [0.15, 0.2) is 6.54 Å². The molecule has 0 saturated heterocycles. The van der Waals surface area contributed by atoms with Crippen molar-refractivity contribution in [2.45, 2.75) is 6.04 Å². The number of anilines is 1. The topological polar surface area (TPSA) is 45.7 Å². The first-order chi connectivity index (χ1) is 12.2. The lowest BCUT2D eigenvalue weighted by Crippen LogP contribution is -2.87. The number of halogens is 1. The van der Waals surface area contributed by atoms with Gasteiger partial charge in [-0.3, -0.25) is 4.79 Å². The Hall–Kier alpha value is -2.43. The maximum absolute atomic E-state index is 12.3. The molecule has 3 aromatic carbocycles. The number of carbonyl (C=O) groups is 1. The van der Waals surface area contributed by atoms with Crippen molar-refractivity contribution in [3.63, 3.8) is 0 Å². The Labute approximate surface area is 156 Å². The van der Waals surface area contributed by atoms with Crippen LogP contribution in [0.1, 0.15) is 17.2 Å². The summed E-state index contributed by atoms with van der Waals surface area (Å²) in [6, 6.07) is 28.2. The molecule has 0 bridgehead atoms. The molecule has 3 rings (SSSR count). The summed E-state index contributed by atoms with van der Waals surface area (Å²) in [6.45, 7) is 0.348. The maximum Gasteiger partial charge on any atom is 0.279 e. The second-order valence-corrected chi connectivity index (χ2v) is 6.71. The van der Waals surface area contributed by atoms with Crippen molar-refractivity contribution in [1.29, 1.82) is 0 Å². The molecular weight excluding hydrogens is 376 g/mol. The fourth-order valence-corrected chi connectivity index (χ4v) is 3.19. The molecule has 25 heavy (non-hydrogen) atoms. The van der Waals surface area contributed by atoms with Gasteiger partial charge < -0.3 is 10.6 Å². The number of quaternary nitrogens is 1. The van der Waals surface area contributed by atoms with Crippen molar-refractivity contribution in [3.05, 3.63) is 101 Å². The minimum atomic E-state index is -0.0186. The number of carbonyl (C=O) groups excluding carboxylic acids is 1. The van der Waals surface area contributed by atoms with E-state index in [4.69, 9.17) is 0 Å². The number of nitrogens with two attached hydrogens (primary N) is 1. The van der Waals surface area contributed by atoms with Crippen LogP contribution in [0.2, 0.25) is 0 Å². The van der Waals surface area contributed by atoms with E-state index in [0.717, 1.165) is 10.2 Å². The van der Waals surface area contributed by atoms with E-state index in [2.05, 4.69) is 50.8 Å². The van der Waals surface area contributed by atoms with Crippen LogP contribution in [0.5, 0.6) is 0 Å². The van der Waals surface area contributed by atoms with Crippen molar-refractivity contribution < 1.29 is 10.1 Å². The van der Waals surface area contributed by atoms with Crippen LogP contribution >= 0.6 is 15.9 Å². The van der Waals surface area contributed by atoms with Crippen molar-refractivity contribution >= 4 is 27.5 Å². The molecule has 3 N–H and O–H groups in total. The monoisotopic (exact) mass is 395 g/mol. The van der Waals surface area contributed by atoms with E-state index >= 15 is 0 Å². The average Bonchev–Trinajstić information content (AvgIpc) is 2.64. The van der Waals surface area contributed by atoms with E-state index in [1.165, 1.54) is 11.1 Å². The molecule has 4 heteroatoms. The highest BCUT2D eigenvalue weighted by molar-refractivity contribution is 9.10. The third-order valence-electron chi connectivity index (χ3n) is 3.96.